The fourth-order valence-corrected chi connectivity index (χ4v) is 10.9. The summed E-state index contributed by atoms with van der Waals surface area (Å²) in [7, 11) is -1.12. The maximum Gasteiger partial charge on any atom is 0.494 e. The molecule has 4 aliphatic rings. The summed E-state index contributed by atoms with van der Waals surface area (Å²) in [6, 6.07) is 23.1. The summed E-state index contributed by atoms with van der Waals surface area (Å²) in [4.78, 5) is 49.8. The fourth-order valence-electron chi connectivity index (χ4n) is 10.6. The quantitative estimate of drug-likeness (QED) is 0.0169. The maximum absolute atomic E-state index is 14.7. The van der Waals surface area contributed by atoms with E-state index in [9.17, 15) is 42.1 Å². The number of hydrogen-bond donors (Lipinski definition) is 5. The number of hydrogen-bond acceptors (Lipinski definition) is 20. The van der Waals surface area contributed by atoms with E-state index in [2.05, 4.69) is 45.5 Å². The first-order valence-electron chi connectivity index (χ1n) is 35.3. The van der Waals surface area contributed by atoms with E-state index >= 15 is 0 Å². The van der Waals surface area contributed by atoms with Gasteiger partial charge in [0.2, 0.25) is 0 Å². The molecular weight excluding hydrogens is 1450 g/mol. The number of amides is 2. The Morgan fingerprint density at radius 2 is 0.991 bits per heavy atom. The Bertz CT molecular complexity index is 3930. The zero-order valence-corrected chi connectivity index (χ0v) is 65.9. The highest BCUT2D eigenvalue weighted by Crippen LogP contribution is 2.39. The van der Waals surface area contributed by atoms with E-state index in [1.165, 1.54) is 35.0 Å². The Kier molecular flexibility index (Phi) is 29.8. The van der Waals surface area contributed by atoms with Crippen LogP contribution >= 0.6 is 15.9 Å². The average Bonchev–Trinajstić information content (AvgIpc) is 1.61. The number of nitrogens with two attached hydrogens (primary N) is 1. The smallest absolute Gasteiger partial charge is 0.487 e. The summed E-state index contributed by atoms with van der Waals surface area (Å²) < 4.78 is 109. The Labute approximate surface area is 628 Å². The van der Waals surface area contributed by atoms with E-state index in [-0.39, 0.29) is 78.8 Å². The Hall–Kier alpha value is -7.93. The van der Waals surface area contributed by atoms with E-state index in [1.807, 2.05) is 136 Å². The Balaban J connectivity index is 0.000000216. The van der Waals surface area contributed by atoms with Crippen LogP contribution < -0.4 is 36.8 Å². The second kappa shape index (κ2) is 36.3. The SMILES string of the molecule is CC(C)(C)OC(=O)N1CCC(Oc2ccc(B3OC(C)(C)C(C)(C)O3)cc2F)CC1.CC(C)(C)OC(=O)N1CCC(Oc2ccc(Br)cc2F)CC1.CC(C)c1nn(C(=O)OC(C)(C)C)c2cc(B3OC(C)(C)C(C)(C)O3)ccc12.Nc1ccc(NCCO)c(F)c1.O=[N+]([O-])c1ccc(NCCO)c(F)c1. The molecule has 4 aliphatic heterocycles. The van der Waals surface area contributed by atoms with E-state index in [0.717, 1.165) is 22.6 Å². The molecule has 1 aromatic heterocycles. The molecule has 31 heteroatoms. The highest BCUT2D eigenvalue weighted by atomic mass is 79.9. The van der Waals surface area contributed by atoms with Crippen LogP contribution in [-0.4, -0.2) is 171 Å². The lowest BCUT2D eigenvalue weighted by Gasteiger charge is -2.33. The van der Waals surface area contributed by atoms with Crippen molar-refractivity contribution in [2.45, 2.75) is 215 Å². The lowest BCUT2D eigenvalue weighted by atomic mass is 9.78. The van der Waals surface area contributed by atoms with Crippen LogP contribution in [0, 0.1) is 33.4 Å². The molecule has 0 bridgehead atoms. The van der Waals surface area contributed by atoms with Crippen molar-refractivity contribution >= 4 is 93.0 Å². The molecule has 4 fully saturated rings. The van der Waals surface area contributed by atoms with E-state index < -0.39 is 81.9 Å². The number of carbonyl (C=O) groups is 3. The van der Waals surface area contributed by atoms with Crippen molar-refractivity contribution in [1.29, 1.82) is 0 Å². The number of aliphatic hydroxyl groups is 2. The number of fused-ring (bicyclic) bond motifs is 1. The van der Waals surface area contributed by atoms with Gasteiger partial charge in [-0.05, 0) is 195 Å². The second-order valence-corrected chi connectivity index (χ2v) is 32.1. The summed E-state index contributed by atoms with van der Waals surface area (Å²) in [5.74, 6) is -1.31. The predicted octanol–water partition coefficient (Wildman–Crippen LogP) is 14.5. The highest BCUT2D eigenvalue weighted by Gasteiger charge is 2.53. The molecule has 0 unspecified atom stereocenters. The van der Waals surface area contributed by atoms with Crippen molar-refractivity contribution < 1.29 is 89.4 Å². The molecule has 6 N–H and O–H groups in total. The van der Waals surface area contributed by atoms with Crippen LogP contribution in [0.25, 0.3) is 10.9 Å². The third-order valence-corrected chi connectivity index (χ3v) is 18.0. The van der Waals surface area contributed by atoms with Crippen LogP contribution in [0.5, 0.6) is 11.5 Å². The first-order valence-corrected chi connectivity index (χ1v) is 36.1. The number of aromatic nitrogens is 2. The van der Waals surface area contributed by atoms with Gasteiger partial charge in [0.25, 0.3) is 5.69 Å². The molecule has 2 amide bonds. The lowest BCUT2D eigenvalue weighted by Crippen LogP contribution is -2.44. The van der Waals surface area contributed by atoms with E-state index in [0.29, 0.717) is 85.2 Å². The molecule has 0 saturated carbocycles. The number of likely N-dealkylation sites (tertiary alicyclic amines) is 2. The molecule has 4 saturated heterocycles. The molecule has 10 rings (SSSR count). The number of nitro groups is 1. The normalized spacial score (nSPS) is 16.9. The van der Waals surface area contributed by atoms with Crippen LogP contribution in [0.3, 0.4) is 0 Å². The van der Waals surface area contributed by atoms with Gasteiger partial charge < -0.3 is 78.7 Å². The minimum atomic E-state index is -0.701. The van der Waals surface area contributed by atoms with Gasteiger partial charge >= 0.3 is 32.5 Å². The summed E-state index contributed by atoms with van der Waals surface area (Å²) in [6.45, 7) is 39.2. The Morgan fingerprint density at radius 3 is 1.38 bits per heavy atom. The molecule has 0 atom stereocenters. The van der Waals surface area contributed by atoms with Crippen molar-refractivity contribution in [3.8, 4) is 11.5 Å². The van der Waals surface area contributed by atoms with Crippen molar-refractivity contribution in [2.75, 3.05) is 68.8 Å². The fraction of sp³-hybridized carbons (Fsp3) is 0.547. The second-order valence-electron chi connectivity index (χ2n) is 31.2. The third kappa shape index (κ3) is 25.1. The van der Waals surface area contributed by atoms with Crippen molar-refractivity contribution in [3.63, 3.8) is 0 Å². The summed E-state index contributed by atoms with van der Waals surface area (Å²) >= 11 is 3.22. The number of ether oxygens (including phenoxy) is 5. The Morgan fingerprint density at radius 1 is 0.594 bits per heavy atom. The van der Waals surface area contributed by atoms with Gasteiger partial charge in [-0.3, -0.25) is 10.1 Å². The number of benzene rings is 5. The monoisotopic (exact) mass is 1550 g/mol. The number of piperidine rings is 2. The third-order valence-electron chi connectivity index (χ3n) is 17.5. The zero-order valence-electron chi connectivity index (χ0n) is 64.3. The number of anilines is 3. The van der Waals surface area contributed by atoms with Gasteiger partial charge in [0.05, 0.1) is 69.2 Å². The molecule has 0 spiro atoms. The van der Waals surface area contributed by atoms with Gasteiger partial charge in [-0.25, -0.2) is 31.9 Å². The van der Waals surface area contributed by atoms with Gasteiger partial charge in [-0.1, -0.05) is 48.0 Å². The van der Waals surface area contributed by atoms with Crippen LogP contribution in [0.2, 0.25) is 0 Å². The van der Waals surface area contributed by atoms with Gasteiger partial charge in [0.15, 0.2) is 29.0 Å². The number of aliphatic hydroxyl groups excluding tert-OH is 2. The van der Waals surface area contributed by atoms with Gasteiger partial charge in [0, 0.05) is 86.6 Å². The molecule has 5 heterocycles. The van der Waals surface area contributed by atoms with Crippen LogP contribution in [0.15, 0.2) is 95.5 Å². The molecule has 0 radical (unpaired) electrons. The number of nitro benzene ring substituents is 1. The molecule has 24 nitrogen and oxygen atoms in total. The largest absolute Gasteiger partial charge is 0.494 e. The van der Waals surface area contributed by atoms with Gasteiger partial charge in [-0.15, -0.1) is 0 Å². The topological polar surface area (TPSA) is 292 Å². The molecule has 6 aromatic rings. The van der Waals surface area contributed by atoms with Gasteiger partial charge in [0.1, 0.15) is 34.8 Å². The number of nitrogens with one attached hydrogen (secondary N) is 2. The minimum absolute atomic E-state index is 0.0240. The lowest BCUT2D eigenvalue weighted by molar-refractivity contribution is -0.385. The zero-order chi connectivity index (χ0) is 79.2. The van der Waals surface area contributed by atoms with Crippen LogP contribution in [0.1, 0.15) is 169 Å². The molecular formula is C75H105B2BrF4N8O16. The molecule has 582 valence electrons. The van der Waals surface area contributed by atoms with Crippen molar-refractivity contribution in [3.05, 3.63) is 135 Å². The number of carbonyl (C=O) groups excluding carboxylic acids is 3. The standard InChI is InChI=1S/C22H33BFNO5.C21H31BN2O4.C16H21BrFNO3.C8H9FN2O3.C8H11FN2O/c1-20(2,3)28-19(26)25-12-10-16(11-13-25)27-18-9-8-15(14-17(18)24)23-29-21(4,5)22(6,7)30-23;1-13(2)17-15-11-10-14(22-27-20(6,7)21(8,9)28-22)12-16(15)24(23-17)18(25)26-19(3,4)5;1-16(2,3)22-15(20)19-8-6-12(7-9-19)21-14-5-4-11(17)10-13(14)18;9-7-5-6(11(13)14)1-2-8(7)10-3-4-12;9-7-5-6(10)1-2-8(7)11-3-4-12/h8-9,14,16H,10-13H2,1-7H3;10-13H,1-9H3;4-5,10,12H,6-9H2,1-3H3;1-2,5,10,12H,3-4H2;1-2,5,11-12H,3-4,10H2. The molecule has 0 aliphatic carbocycles. The minimum Gasteiger partial charge on any atom is -0.487 e. The number of nitrogen functional groups attached to an aromatic ring is 1. The van der Waals surface area contributed by atoms with E-state index in [1.54, 1.807) is 46.2 Å². The first-order chi connectivity index (χ1) is 49.1. The number of nitrogens with zero attached hydrogens (tertiary/aromatic N) is 5. The molecule has 106 heavy (non-hydrogen) atoms. The summed E-state index contributed by atoms with van der Waals surface area (Å²) in [5, 5.41) is 38.0. The van der Waals surface area contributed by atoms with E-state index in [4.69, 9.17) is 58.2 Å². The van der Waals surface area contributed by atoms with Crippen LogP contribution in [0.4, 0.5) is 54.7 Å². The van der Waals surface area contributed by atoms with Crippen LogP contribution in [-0.2, 0) is 32.8 Å². The van der Waals surface area contributed by atoms with Crippen molar-refractivity contribution in [1.82, 2.24) is 19.6 Å². The first kappa shape index (κ1) is 87.0. The predicted molar refractivity (Wildman–Crippen MR) is 405 cm³/mol. The number of halogens is 5. The number of rotatable bonds is 14. The van der Waals surface area contributed by atoms with Gasteiger partial charge in [-0.2, -0.15) is 9.78 Å². The number of non-ortho nitro benzene ring substituents is 1. The highest BCUT2D eigenvalue weighted by molar-refractivity contribution is 9.10. The average molecular weight is 1550 g/mol. The molecule has 5 aromatic carbocycles. The summed E-state index contributed by atoms with van der Waals surface area (Å²) in [6.07, 6.45) is 1.21. The maximum atomic E-state index is 14.7. The summed E-state index contributed by atoms with van der Waals surface area (Å²) in [5.41, 5.74) is 5.54. The van der Waals surface area contributed by atoms with Crippen molar-refractivity contribution in [2.24, 2.45) is 0 Å².